The van der Waals surface area contributed by atoms with Gasteiger partial charge in [-0.05, 0) is 74.2 Å². The monoisotopic (exact) mass is 636 g/mol. The van der Waals surface area contributed by atoms with Crippen LogP contribution in [0.25, 0.3) is 0 Å². The van der Waals surface area contributed by atoms with Crippen LogP contribution < -0.4 is 14.4 Å². The molecule has 2 aliphatic heterocycles. The van der Waals surface area contributed by atoms with Crippen LogP contribution in [0.2, 0.25) is 0 Å². The molecule has 10 heteroatoms. The largest absolute Gasteiger partial charge is 0.497 e. The van der Waals surface area contributed by atoms with E-state index in [0.29, 0.717) is 26.2 Å². The van der Waals surface area contributed by atoms with Gasteiger partial charge in [0.05, 0.1) is 36.9 Å². The lowest BCUT2D eigenvalue weighted by atomic mass is 9.82. The predicted molar refractivity (Wildman–Crippen MR) is 174 cm³/mol. The van der Waals surface area contributed by atoms with Gasteiger partial charge in [-0.15, -0.1) is 0 Å². The Kier molecular flexibility index (Phi) is 10.8. The van der Waals surface area contributed by atoms with Crippen LogP contribution in [0.5, 0.6) is 11.5 Å². The summed E-state index contributed by atoms with van der Waals surface area (Å²) in [5.41, 5.74) is 3.99. The lowest BCUT2D eigenvalue weighted by Crippen LogP contribution is -2.52. The van der Waals surface area contributed by atoms with E-state index in [0.717, 1.165) is 53.4 Å². The Labute approximate surface area is 267 Å². The molecule has 1 fully saturated rings. The smallest absolute Gasteiger partial charge is 0.243 e. The molecule has 3 aromatic carbocycles. The number of hydrogen-bond donors (Lipinski definition) is 0. The van der Waals surface area contributed by atoms with Crippen LogP contribution in [-0.4, -0.2) is 77.7 Å². The number of methoxy groups -OCH3 is 2. The number of carbonyl (C=O) groups excluding carboxylic acids is 1. The molecule has 3 atom stereocenters. The van der Waals surface area contributed by atoms with Gasteiger partial charge in [-0.25, -0.2) is 8.42 Å². The highest BCUT2D eigenvalue weighted by Gasteiger charge is 2.43. The van der Waals surface area contributed by atoms with Crippen LogP contribution in [0.1, 0.15) is 48.8 Å². The maximum absolute atomic E-state index is 14.1. The van der Waals surface area contributed by atoms with Gasteiger partial charge >= 0.3 is 0 Å². The van der Waals surface area contributed by atoms with Crippen LogP contribution in [-0.2, 0) is 30.9 Å². The zero-order valence-electron chi connectivity index (χ0n) is 26.6. The van der Waals surface area contributed by atoms with Crippen molar-refractivity contribution in [1.82, 2.24) is 4.31 Å². The number of ether oxygens (including phenoxy) is 4. The number of carbonyl (C=O) groups is 1. The van der Waals surface area contributed by atoms with Gasteiger partial charge in [-0.1, -0.05) is 35.9 Å². The summed E-state index contributed by atoms with van der Waals surface area (Å²) in [6.07, 6.45) is 1.04. The van der Waals surface area contributed by atoms with Gasteiger partial charge < -0.3 is 23.8 Å². The summed E-state index contributed by atoms with van der Waals surface area (Å²) in [7, 11) is -0.552. The van der Waals surface area contributed by atoms with E-state index in [9.17, 15) is 13.2 Å². The number of piperidine rings is 1. The normalized spacial score (nSPS) is 20.4. The molecule has 2 aliphatic rings. The number of hydrogen-bond acceptors (Lipinski definition) is 8. The van der Waals surface area contributed by atoms with Crippen molar-refractivity contribution in [3.05, 3.63) is 83.4 Å². The van der Waals surface area contributed by atoms with E-state index in [-0.39, 0.29) is 29.6 Å². The Morgan fingerprint density at radius 3 is 2.47 bits per heavy atom. The Morgan fingerprint density at radius 2 is 1.78 bits per heavy atom. The quantitative estimate of drug-likeness (QED) is 0.232. The SMILES string of the molecule is COCCCN1CCOc2ccc(CO[C@H]3CN(S(=O)(=O)c4ccc(C)cc4)[C@@H](CC(C)=O)C[C@@H]3c3ccc(OC)cc3)cc21. The minimum atomic E-state index is -3.89. The van der Waals surface area contributed by atoms with Gasteiger partial charge in [-0.2, -0.15) is 4.31 Å². The molecular weight excluding hydrogens is 592 g/mol. The van der Waals surface area contributed by atoms with Gasteiger partial charge in [-0.3, -0.25) is 4.79 Å². The van der Waals surface area contributed by atoms with E-state index in [1.165, 1.54) is 11.2 Å². The Balaban J connectivity index is 1.44. The molecule has 0 bridgehead atoms. The van der Waals surface area contributed by atoms with Gasteiger partial charge in [0.2, 0.25) is 10.0 Å². The molecule has 0 amide bonds. The van der Waals surface area contributed by atoms with Crippen molar-refractivity contribution in [2.24, 2.45) is 0 Å². The highest BCUT2D eigenvalue weighted by atomic mass is 32.2. The van der Waals surface area contributed by atoms with E-state index in [2.05, 4.69) is 11.0 Å². The molecule has 9 nitrogen and oxygen atoms in total. The van der Waals surface area contributed by atoms with Crippen LogP contribution in [0.4, 0.5) is 5.69 Å². The molecule has 45 heavy (non-hydrogen) atoms. The average Bonchev–Trinajstić information content (AvgIpc) is 3.04. The van der Waals surface area contributed by atoms with E-state index in [4.69, 9.17) is 18.9 Å². The third-order valence-electron chi connectivity index (χ3n) is 8.66. The van der Waals surface area contributed by atoms with Crippen molar-refractivity contribution in [1.29, 1.82) is 0 Å². The number of anilines is 1. The summed E-state index contributed by atoms with van der Waals surface area (Å²) in [5, 5.41) is 0. The van der Waals surface area contributed by atoms with Crippen molar-refractivity contribution < 1.29 is 32.2 Å². The third kappa shape index (κ3) is 7.87. The molecule has 0 aromatic heterocycles. The third-order valence-corrected chi connectivity index (χ3v) is 10.6. The van der Waals surface area contributed by atoms with Crippen molar-refractivity contribution in [3.8, 4) is 11.5 Å². The summed E-state index contributed by atoms with van der Waals surface area (Å²) in [4.78, 5) is 14.9. The highest BCUT2D eigenvalue weighted by molar-refractivity contribution is 7.89. The maximum atomic E-state index is 14.1. The standard InChI is InChI=1S/C35H44N2O7S/c1-25-6-13-31(14-7-25)45(39,40)37-23-35(32(22-29(37)20-26(2)38)28-9-11-30(42-4)12-10-28)44-24-27-8-15-34-33(21-27)36(17-19-43-34)16-5-18-41-3/h6-15,21,29,32,35H,5,16-20,22-24H2,1-4H3/t29-,32+,35-/m0/s1. The number of Topliss-reactive ketones (excluding diaryl/α,β-unsaturated/α-hetero) is 1. The number of rotatable bonds is 13. The summed E-state index contributed by atoms with van der Waals surface area (Å²) in [5.74, 6) is 1.40. The molecular formula is C35H44N2O7S. The second-order valence-electron chi connectivity index (χ2n) is 11.9. The number of sulfonamides is 1. The lowest BCUT2D eigenvalue weighted by molar-refractivity contribution is -0.118. The van der Waals surface area contributed by atoms with E-state index >= 15 is 0 Å². The number of fused-ring (bicyclic) bond motifs is 1. The summed E-state index contributed by atoms with van der Waals surface area (Å²) >= 11 is 0. The molecule has 0 N–H and O–H groups in total. The fourth-order valence-corrected chi connectivity index (χ4v) is 7.93. The highest BCUT2D eigenvalue weighted by Crippen LogP contribution is 2.39. The number of nitrogens with zero attached hydrogens (tertiary/aromatic N) is 2. The fraction of sp³-hybridized carbons (Fsp3) is 0.457. The van der Waals surface area contributed by atoms with Crippen molar-refractivity contribution >= 4 is 21.5 Å². The zero-order chi connectivity index (χ0) is 32.0. The Hall–Kier alpha value is -3.44. The van der Waals surface area contributed by atoms with Crippen LogP contribution in [0.3, 0.4) is 0 Å². The molecule has 0 spiro atoms. The first-order valence-electron chi connectivity index (χ1n) is 15.5. The number of aryl methyl sites for hydroxylation is 1. The molecule has 0 saturated carbocycles. The molecule has 0 aliphatic carbocycles. The first-order chi connectivity index (χ1) is 21.7. The molecule has 2 heterocycles. The van der Waals surface area contributed by atoms with E-state index < -0.39 is 22.2 Å². The van der Waals surface area contributed by atoms with Crippen LogP contribution >= 0.6 is 0 Å². The van der Waals surface area contributed by atoms with Gasteiger partial charge in [0.15, 0.2) is 0 Å². The van der Waals surface area contributed by atoms with Crippen LogP contribution in [0.15, 0.2) is 71.6 Å². The first kappa shape index (κ1) is 32.9. The summed E-state index contributed by atoms with van der Waals surface area (Å²) in [6.45, 7) is 6.84. The first-order valence-corrected chi connectivity index (χ1v) is 17.0. The van der Waals surface area contributed by atoms with Gasteiger partial charge in [0.1, 0.15) is 23.9 Å². The van der Waals surface area contributed by atoms with Crippen LogP contribution in [0, 0.1) is 6.92 Å². The number of ketones is 1. The molecule has 3 aromatic rings. The van der Waals surface area contributed by atoms with E-state index in [1.54, 1.807) is 38.5 Å². The summed E-state index contributed by atoms with van der Waals surface area (Å²) < 4.78 is 52.8. The molecule has 0 radical (unpaired) electrons. The minimum Gasteiger partial charge on any atom is -0.497 e. The zero-order valence-corrected chi connectivity index (χ0v) is 27.4. The second-order valence-corrected chi connectivity index (χ2v) is 13.8. The minimum absolute atomic E-state index is 0.0525. The lowest BCUT2D eigenvalue weighted by Gasteiger charge is -2.43. The molecule has 242 valence electrons. The van der Waals surface area contributed by atoms with Gasteiger partial charge in [0.25, 0.3) is 0 Å². The van der Waals surface area contributed by atoms with Gasteiger partial charge in [0, 0.05) is 45.2 Å². The second kappa shape index (κ2) is 14.8. The molecule has 1 saturated heterocycles. The topological polar surface area (TPSA) is 94.6 Å². The molecule has 0 unspecified atom stereocenters. The predicted octanol–water partition coefficient (Wildman–Crippen LogP) is 5.35. The van der Waals surface area contributed by atoms with Crippen molar-refractivity contribution in [2.45, 2.75) is 62.7 Å². The number of benzene rings is 3. The average molecular weight is 637 g/mol. The molecule has 5 rings (SSSR count). The Morgan fingerprint density at radius 1 is 1.02 bits per heavy atom. The summed E-state index contributed by atoms with van der Waals surface area (Å²) in [6, 6.07) is 20.3. The fourth-order valence-electron chi connectivity index (χ4n) is 6.29. The van der Waals surface area contributed by atoms with E-state index in [1.807, 2.05) is 43.3 Å². The maximum Gasteiger partial charge on any atom is 0.243 e. The Bertz CT molecular complexity index is 1540. The van der Waals surface area contributed by atoms with Crippen molar-refractivity contribution in [2.75, 3.05) is 52.0 Å². The van der Waals surface area contributed by atoms with Crippen molar-refractivity contribution in [3.63, 3.8) is 0 Å².